The van der Waals surface area contributed by atoms with Gasteiger partial charge in [-0.1, -0.05) is 0 Å². The van der Waals surface area contributed by atoms with Gasteiger partial charge in [-0.05, 0) is 12.8 Å². The number of rotatable bonds is 5. The van der Waals surface area contributed by atoms with E-state index in [1.54, 1.807) is 0 Å². The molecular formula is C11H15N3O6S. The van der Waals surface area contributed by atoms with Crippen molar-refractivity contribution in [2.24, 2.45) is 14.1 Å². The Morgan fingerprint density at radius 3 is 2.43 bits per heavy atom. The lowest BCUT2D eigenvalue weighted by Crippen LogP contribution is -2.44. The van der Waals surface area contributed by atoms with Crippen LogP contribution in [0.15, 0.2) is 20.7 Å². The molecule has 0 atom stereocenters. The molecule has 1 aromatic heterocycles. The average molecular weight is 317 g/mol. The maximum absolute atomic E-state index is 12.5. The summed E-state index contributed by atoms with van der Waals surface area (Å²) in [5.74, 6) is -1.30. The van der Waals surface area contributed by atoms with Gasteiger partial charge in [0.05, 0.1) is 0 Å². The molecule has 0 spiro atoms. The fourth-order valence-electron chi connectivity index (χ4n) is 1.98. The summed E-state index contributed by atoms with van der Waals surface area (Å²) in [5, 5.41) is 8.85. The summed E-state index contributed by atoms with van der Waals surface area (Å²) in [4.78, 5) is 33.9. The summed E-state index contributed by atoms with van der Waals surface area (Å²) in [6, 6.07) is -0.409. The Morgan fingerprint density at radius 2 is 1.95 bits per heavy atom. The Balaban J connectivity index is 2.61. The lowest BCUT2D eigenvalue weighted by molar-refractivity contribution is -0.137. The summed E-state index contributed by atoms with van der Waals surface area (Å²) < 4.78 is 27.5. The van der Waals surface area contributed by atoms with E-state index in [1.165, 1.54) is 14.1 Å². The highest BCUT2D eigenvalue weighted by Gasteiger charge is 2.40. The van der Waals surface area contributed by atoms with Crippen molar-refractivity contribution >= 4 is 16.0 Å². The highest BCUT2D eigenvalue weighted by atomic mass is 32.2. The van der Waals surface area contributed by atoms with Crippen LogP contribution in [-0.2, 0) is 28.9 Å². The molecular weight excluding hydrogens is 302 g/mol. The first kappa shape index (κ1) is 15.4. The van der Waals surface area contributed by atoms with E-state index in [9.17, 15) is 22.8 Å². The van der Waals surface area contributed by atoms with Crippen LogP contribution in [0.3, 0.4) is 0 Å². The van der Waals surface area contributed by atoms with Crippen LogP contribution in [0.4, 0.5) is 0 Å². The molecule has 0 radical (unpaired) electrons. The topological polar surface area (TPSA) is 119 Å². The van der Waals surface area contributed by atoms with Crippen LogP contribution in [-0.4, -0.2) is 45.5 Å². The van der Waals surface area contributed by atoms with Gasteiger partial charge in [0, 0.05) is 26.3 Å². The van der Waals surface area contributed by atoms with Gasteiger partial charge in [-0.15, -0.1) is 0 Å². The lowest BCUT2D eigenvalue weighted by atomic mass is 10.6. The molecule has 1 aliphatic carbocycles. The Bertz CT molecular complexity index is 802. The standard InChI is InChI=1S/C11H15N3O6S/c1-12-5-8(10(17)13(2)11(12)18)21(19,20)14(6-9(15)16)7-3-4-7/h5,7H,3-4,6H2,1-2H3,(H,15,16). The number of aliphatic carboxylic acids is 1. The summed E-state index contributed by atoms with van der Waals surface area (Å²) in [6.07, 6.45) is 2.04. The van der Waals surface area contributed by atoms with E-state index in [0.717, 1.165) is 15.1 Å². The van der Waals surface area contributed by atoms with E-state index in [-0.39, 0.29) is 0 Å². The van der Waals surface area contributed by atoms with Crippen molar-refractivity contribution in [3.8, 4) is 0 Å². The number of carboxylic acid groups (broad SMARTS) is 1. The lowest BCUT2D eigenvalue weighted by Gasteiger charge is -2.19. The fraction of sp³-hybridized carbons (Fsp3) is 0.545. The zero-order valence-corrected chi connectivity index (χ0v) is 12.3. The van der Waals surface area contributed by atoms with Crippen molar-refractivity contribution in [2.45, 2.75) is 23.8 Å². The number of carbonyl (C=O) groups is 1. The molecule has 0 aliphatic heterocycles. The fourth-order valence-corrected chi connectivity index (χ4v) is 3.77. The number of sulfonamides is 1. The zero-order chi connectivity index (χ0) is 15.9. The van der Waals surface area contributed by atoms with Crippen LogP contribution >= 0.6 is 0 Å². The van der Waals surface area contributed by atoms with Gasteiger partial charge >= 0.3 is 11.7 Å². The predicted molar refractivity (Wildman–Crippen MR) is 71.5 cm³/mol. The summed E-state index contributed by atoms with van der Waals surface area (Å²) in [5.41, 5.74) is -1.62. The number of aryl methyl sites for hydroxylation is 1. The molecule has 116 valence electrons. The van der Waals surface area contributed by atoms with Crippen molar-refractivity contribution < 1.29 is 18.3 Å². The zero-order valence-electron chi connectivity index (χ0n) is 11.5. The molecule has 1 saturated carbocycles. The number of hydrogen-bond acceptors (Lipinski definition) is 5. The maximum atomic E-state index is 12.5. The molecule has 1 aromatic rings. The first-order valence-electron chi connectivity index (χ1n) is 6.16. The second-order valence-corrected chi connectivity index (χ2v) is 6.79. The van der Waals surface area contributed by atoms with Gasteiger partial charge in [-0.2, -0.15) is 4.31 Å². The molecule has 0 saturated heterocycles. The van der Waals surface area contributed by atoms with Crippen molar-refractivity contribution in [2.75, 3.05) is 6.54 Å². The minimum absolute atomic E-state index is 0.409. The normalized spacial score (nSPS) is 15.4. The van der Waals surface area contributed by atoms with E-state index in [0.29, 0.717) is 17.4 Å². The van der Waals surface area contributed by atoms with Gasteiger partial charge in [-0.25, -0.2) is 13.2 Å². The number of nitrogens with zero attached hydrogens (tertiary/aromatic N) is 3. The monoisotopic (exact) mass is 317 g/mol. The molecule has 10 heteroatoms. The molecule has 1 fully saturated rings. The van der Waals surface area contributed by atoms with Crippen LogP contribution in [0.2, 0.25) is 0 Å². The predicted octanol–water partition coefficient (Wildman–Crippen LogP) is -1.68. The molecule has 2 rings (SSSR count). The van der Waals surface area contributed by atoms with Crippen molar-refractivity contribution in [3.05, 3.63) is 27.0 Å². The van der Waals surface area contributed by atoms with Crippen molar-refractivity contribution in [3.63, 3.8) is 0 Å². The van der Waals surface area contributed by atoms with E-state index < -0.39 is 44.7 Å². The summed E-state index contributed by atoms with van der Waals surface area (Å²) in [6.45, 7) is -0.709. The third-order valence-electron chi connectivity index (χ3n) is 3.25. The van der Waals surface area contributed by atoms with Crippen LogP contribution in [0.1, 0.15) is 12.8 Å². The average Bonchev–Trinajstić information content (AvgIpc) is 3.21. The second-order valence-electron chi connectivity index (χ2n) is 4.93. The first-order chi connectivity index (χ1) is 9.66. The van der Waals surface area contributed by atoms with E-state index in [2.05, 4.69) is 0 Å². The molecule has 1 aliphatic rings. The van der Waals surface area contributed by atoms with Crippen molar-refractivity contribution in [1.29, 1.82) is 0 Å². The third-order valence-corrected chi connectivity index (χ3v) is 5.13. The highest BCUT2D eigenvalue weighted by molar-refractivity contribution is 7.89. The quantitative estimate of drug-likeness (QED) is 0.693. The van der Waals surface area contributed by atoms with Gasteiger partial charge in [0.15, 0.2) is 4.90 Å². The van der Waals surface area contributed by atoms with Crippen molar-refractivity contribution in [1.82, 2.24) is 13.4 Å². The Kier molecular flexibility index (Phi) is 3.76. The summed E-state index contributed by atoms with van der Waals surface area (Å²) >= 11 is 0. The molecule has 0 unspecified atom stereocenters. The number of carboxylic acids is 1. The van der Waals surface area contributed by atoms with Gasteiger partial charge in [-0.3, -0.25) is 14.2 Å². The first-order valence-corrected chi connectivity index (χ1v) is 7.60. The van der Waals surface area contributed by atoms with Crippen LogP contribution in [0.25, 0.3) is 0 Å². The SMILES string of the molecule is Cn1cc(S(=O)(=O)N(CC(=O)O)C2CC2)c(=O)n(C)c1=O. The minimum atomic E-state index is -4.27. The third kappa shape index (κ3) is 2.76. The van der Waals surface area contributed by atoms with Crippen LogP contribution < -0.4 is 11.2 Å². The molecule has 0 amide bonds. The molecule has 1 heterocycles. The summed E-state index contributed by atoms with van der Waals surface area (Å²) in [7, 11) is -1.78. The van der Waals surface area contributed by atoms with Gasteiger partial charge in [0.25, 0.3) is 15.6 Å². The molecule has 0 bridgehead atoms. The smallest absolute Gasteiger partial charge is 0.330 e. The minimum Gasteiger partial charge on any atom is -0.480 e. The molecule has 9 nitrogen and oxygen atoms in total. The largest absolute Gasteiger partial charge is 0.480 e. The van der Waals surface area contributed by atoms with Gasteiger partial charge in [0.1, 0.15) is 6.54 Å². The van der Waals surface area contributed by atoms with Gasteiger partial charge < -0.3 is 9.67 Å². The Morgan fingerprint density at radius 1 is 1.38 bits per heavy atom. The van der Waals surface area contributed by atoms with E-state index in [1.807, 2.05) is 0 Å². The Labute approximate surface area is 120 Å². The van der Waals surface area contributed by atoms with Gasteiger partial charge in [0.2, 0.25) is 0 Å². The second kappa shape index (κ2) is 5.11. The molecule has 21 heavy (non-hydrogen) atoms. The molecule has 1 N–H and O–H groups in total. The number of hydrogen-bond donors (Lipinski definition) is 1. The number of aromatic nitrogens is 2. The highest BCUT2D eigenvalue weighted by Crippen LogP contribution is 2.30. The van der Waals surface area contributed by atoms with E-state index in [4.69, 9.17) is 5.11 Å². The Hall–Kier alpha value is -1.94. The van der Waals surface area contributed by atoms with Crippen LogP contribution in [0.5, 0.6) is 0 Å². The van der Waals surface area contributed by atoms with E-state index >= 15 is 0 Å². The van der Waals surface area contributed by atoms with Crippen LogP contribution in [0, 0.1) is 0 Å². The molecule has 0 aromatic carbocycles. The maximum Gasteiger partial charge on any atom is 0.330 e.